The molecular formula is C83H99N15O18. The first kappa shape index (κ1) is 89.1. The van der Waals surface area contributed by atoms with Gasteiger partial charge in [0.1, 0.15) is 6.61 Å². The number of benzene rings is 6. The summed E-state index contributed by atoms with van der Waals surface area (Å²) in [5.74, 6) is -1.46. The number of carbonyl (C=O) groups excluding carboxylic acids is 10. The van der Waals surface area contributed by atoms with Crippen LogP contribution in [-0.4, -0.2) is 175 Å². The summed E-state index contributed by atoms with van der Waals surface area (Å²) < 4.78 is 23.6. The fourth-order valence-electron chi connectivity index (χ4n) is 11.8. The van der Waals surface area contributed by atoms with Crippen LogP contribution in [0.1, 0.15) is 81.2 Å². The molecule has 0 bridgehead atoms. The maximum atomic E-state index is 11.6. The number of aromatic nitrogens is 5. The largest absolute Gasteiger partial charge is 0.481 e. The predicted octanol–water partition coefficient (Wildman–Crippen LogP) is 12.3. The quantitative estimate of drug-likeness (QED) is 0.0113. The Hall–Kier alpha value is -14.1. The third-order valence-corrected chi connectivity index (χ3v) is 17.3. The third kappa shape index (κ3) is 29.5. The van der Waals surface area contributed by atoms with Crippen LogP contribution in [0.4, 0.5) is 52.4 Å². The van der Waals surface area contributed by atoms with Gasteiger partial charge in [-0.25, -0.2) is 24.0 Å². The van der Waals surface area contributed by atoms with Crippen molar-refractivity contribution in [1.82, 2.24) is 51.5 Å². The number of amides is 10. The first-order valence-electron chi connectivity index (χ1n) is 37.1. The van der Waals surface area contributed by atoms with Crippen molar-refractivity contribution >= 4 is 149 Å². The van der Waals surface area contributed by atoms with E-state index in [0.29, 0.717) is 93.3 Å². The molecule has 0 atom stereocenters. The normalized spacial score (nSPS) is 10.4. The van der Waals surface area contributed by atoms with Crippen molar-refractivity contribution in [3.8, 4) is 11.3 Å². The molecule has 10 amide bonds. The molecule has 33 nitrogen and oxygen atoms in total. The Balaban J connectivity index is 0.000000201. The number of aromatic amines is 5. The number of anilines is 5. The Morgan fingerprint density at radius 1 is 0.405 bits per heavy atom. The van der Waals surface area contributed by atoms with Crippen LogP contribution in [0.3, 0.4) is 0 Å². The van der Waals surface area contributed by atoms with Crippen LogP contribution < -0.4 is 53.2 Å². The SMILES string of the molecule is C=CCOC(=O)Nc1ccc2[nH]cc(CCNC(C)=O)c2c1.CC(=O)NCCc1c[nH]c2ccc(NC(=O)OCCCO)cc12.COC(=O)Nc1ccc2[nH]c(-c3ccccc3)c(CCNC(C)=O)c2c1.COC(=O)Nc1ccc2[nH]cc(CCCNC(C)=O)c2c1.COC(=O)Nc1ccc2[nH]cc(CCNC(=O)CCC(=O)O)c2c1. The summed E-state index contributed by atoms with van der Waals surface area (Å²) in [5.41, 5.74) is 15.5. The summed E-state index contributed by atoms with van der Waals surface area (Å²) in [4.78, 5) is 139. The van der Waals surface area contributed by atoms with Gasteiger partial charge >= 0.3 is 36.4 Å². The topological polar surface area (TPSA) is 474 Å². The number of aliphatic hydroxyl groups is 1. The summed E-state index contributed by atoms with van der Waals surface area (Å²) in [7, 11) is 3.96. The molecule has 11 aromatic rings. The highest BCUT2D eigenvalue weighted by molar-refractivity contribution is 5.98. The second-order valence-corrected chi connectivity index (χ2v) is 25.9. The lowest BCUT2D eigenvalue weighted by atomic mass is 10.0. The Labute approximate surface area is 667 Å². The summed E-state index contributed by atoms with van der Waals surface area (Å²) in [5, 5.41) is 49.3. The van der Waals surface area contributed by atoms with Crippen LogP contribution in [0.15, 0.2) is 159 Å². The number of ether oxygens (including phenoxy) is 5. The number of methoxy groups -OCH3 is 3. The van der Waals surface area contributed by atoms with Gasteiger partial charge in [-0.05, 0) is 163 Å². The second kappa shape index (κ2) is 46.7. The number of H-pyrrole nitrogens is 5. The number of hydrogen-bond acceptors (Lipinski definition) is 17. The lowest BCUT2D eigenvalue weighted by molar-refractivity contribution is -0.138. The third-order valence-electron chi connectivity index (χ3n) is 17.3. The molecule has 0 saturated carbocycles. The number of aliphatic carboxylic acids is 1. The predicted molar refractivity (Wildman–Crippen MR) is 445 cm³/mol. The average molecular weight is 1590 g/mol. The first-order valence-corrected chi connectivity index (χ1v) is 37.1. The molecule has 116 heavy (non-hydrogen) atoms. The Morgan fingerprint density at radius 2 is 0.767 bits per heavy atom. The molecule has 0 fully saturated rings. The molecule has 0 aliphatic carbocycles. The van der Waals surface area contributed by atoms with Gasteiger partial charge in [0.2, 0.25) is 29.5 Å². The van der Waals surface area contributed by atoms with E-state index in [2.05, 4.69) is 98.9 Å². The fraction of sp³-hybridized carbons (Fsp3) is 0.289. The zero-order valence-corrected chi connectivity index (χ0v) is 65.6. The van der Waals surface area contributed by atoms with E-state index in [1.807, 2.05) is 128 Å². The van der Waals surface area contributed by atoms with Gasteiger partial charge < -0.3 is 85.4 Å². The molecule has 17 N–H and O–H groups in total. The number of carboxylic acids is 1. The van der Waals surface area contributed by atoms with Gasteiger partial charge in [-0.3, -0.25) is 55.4 Å². The molecule has 0 saturated heterocycles. The van der Waals surface area contributed by atoms with E-state index < -0.39 is 36.4 Å². The van der Waals surface area contributed by atoms with E-state index in [-0.39, 0.29) is 62.2 Å². The molecule has 0 spiro atoms. The lowest BCUT2D eigenvalue weighted by Crippen LogP contribution is -2.25. The number of fused-ring (bicyclic) bond motifs is 5. The van der Waals surface area contributed by atoms with E-state index in [0.717, 1.165) is 106 Å². The highest BCUT2D eigenvalue weighted by atomic mass is 16.6. The summed E-state index contributed by atoms with van der Waals surface area (Å²) in [6.07, 6.45) is 11.1. The zero-order valence-electron chi connectivity index (χ0n) is 65.6. The van der Waals surface area contributed by atoms with E-state index in [1.165, 1.54) is 55.1 Å². The smallest absolute Gasteiger partial charge is 0.411 e. The molecule has 0 aliphatic rings. The van der Waals surface area contributed by atoms with Crippen LogP contribution in [0.25, 0.3) is 65.8 Å². The van der Waals surface area contributed by atoms with E-state index in [9.17, 15) is 52.7 Å². The van der Waals surface area contributed by atoms with E-state index in [1.54, 1.807) is 18.2 Å². The first-order chi connectivity index (χ1) is 55.9. The van der Waals surface area contributed by atoms with E-state index >= 15 is 0 Å². The number of hydrogen-bond donors (Lipinski definition) is 17. The van der Waals surface area contributed by atoms with Crippen molar-refractivity contribution in [2.45, 2.75) is 85.5 Å². The van der Waals surface area contributed by atoms with Crippen molar-refractivity contribution in [2.24, 2.45) is 0 Å². The molecule has 0 aliphatic heterocycles. The maximum absolute atomic E-state index is 11.6. The fourth-order valence-corrected chi connectivity index (χ4v) is 11.8. The average Bonchev–Trinajstić information content (AvgIpc) is 1.64. The van der Waals surface area contributed by atoms with Gasteiger partial charge in [-0.1, -0.05) is 43.0 Å². The summed E-state index contributed by atoms with van der Waals surface area (Å²) >= 11 is 0. The molecule has 614 valence electrons. The van der Waals surface area contributed by atoms with Crippen molar-refractivity contribution < 1.29 is 86.6 Å². The van der Waals surface area contributed by atoms with Crippen LogP contribution in [0, 0.1) is 0 Å². The van der Waals surface area contributed by atoms with Crippen LogP contribution in [-0.2, 0) is 84.6 Å². The highest BCUT2D eigenvalue weighted by Gasteiger charge is 2.17. The van der Waals surface area contributed by atoms with Crippen molar-refractivity contribution in [2.75, 3.05) is 100 Å². The molecule has 6 aromatic carbocycles. The van der Waals surface area contributed by atoms with Gasteiger partial charge in [0.25, 0.3) is 0 Å². The number of nitrogens with one attached hydrogen (secondary N) is 15. The number of carbonyl (C=O) groups is 11. The number of rotatable bonds is 30. The van der Waals surface area contributed by atoms with Gasteiger partial charge in [-0.15, -0.1) is 0 Å². The van der Waals surface area contributed by atoms with Crippen LogP contribution in [0.5, 0.6) is 0 Å². The minimum Gasteiger partial charge on any atom is -0.481 e. The van der Waals surface area contributed by atoms with Crippen molar-refractivity contribution in [3.63, 3.8) is 0 Å². The highest BCUT2D eigenvalue weighted by Crippen LogP contribution is 2.33. The molecule has 33 heteroatoms. The number of carboxylic acid groups (broad SMARTS) is 1. The van der Waals surface area contributed by atoms with Crippen molar-refractivity contribution in [3.05, 3.63) is 187 Å². The van der Waals surface area contributed by atoms with E-state index in [4.69, 9.17) is 19.7 Å². The monoisotopic (exact) mass is 1590 g/mol. The minimum atomic E-state index is -0.993. The van der Waals surface area contributed by atoms with Gasteiger partial charge in [0.15, 0.2) is 0 Å². The van der Waals surface area contributed by atoms with Gasteiger partial charge in [0, 0.05) is 193 Å². The Kier molecular flexibility index (Phi) is 35.8. The molecule has 0 radical (unpaired) electrons. The zero-order chi connectivity index (χ0) is 83.9. The van der Waals surface area contributed by atoms with Gasteiger partial charge in [-0.2, -0.15) is 0 Å². The number of aliphatic hydroxyl groups excluding tert-OH is 1. The standard InChI is InChI=1S/C20H21N3O3.C16H19N3O5.C16H21N3O4.C16H19N3O3.C15H19N3O3/c1-13(24)21-11-10-16-17-12-15(22-20(25)26-2)8-9-18(17)23-19(16)14-6-4-3-5-7-14;1-24-16(23)19-11-2-3-13-12(8-11)10(9-18-13)6-7-17-14(20)4-5-15(21)22;1-11(21)17-6-5-12-10-18-15-4-3-13(9-14(12)15)19-16(22)23-8-2-7-20;1-3-8-22-16(21)19-13-4-5-15-14(9-13)12(10-18-15)6-7-17-11(2)20;1-10(19)16-7-3-4-11-9-17-14-6-5-12(8-13(11)14)18-15(20)21-2/h3-9,12,23H,10-11H2,1-2H3,(H,21,24)(H,22,25);2-3,8-9,18H,4-7H2,1H3,(H,17,20)(H,19,23)(H,21,22);3-4,9-10,18,20H,2,5-8H2,1H3,(H,17,21)(H,19,22);3-5,9-10,18H,1,6-8H2,2H3,(H,17,20)(H,19,21);5-6,8-9,17H,3-4,7H2,1-2H3,(H,16,19)(H,18,20). The van der Waals surface area contributed by atoms with Crippen molar-refractivity contribution in [1.29, 1.82) is 0 Å². The lowest BCUT2D eigenvalue weighted by Gasteiger charge is -2.07. The second-order valence-electron chi connectivity index (χ2n) is 25.9. The molecule has 0 unspecified atom stereocenters. The Bertz CT molecular complexity index is 5180. The Morgan fingerprint density at radius 3 is 1.16 bits per heavy atom. The minimum absolute atomic E-state index is 0.0136. The maximum Gasteiger partial charge on any atom is 0.411 e. The van der Waals surface area contributed by atoms with Gasteiger partial charge in [0.05, 0.1) is 34.4 Å². The molecule has 5 aromatic heterocycles. The number of aryl methyl sites for hydroxylation is 1. The molecule has 11 rings (SSSR count). The molecular weight excluding hydrogens is 1490 g/mol. The van der Waals surface area contributed by atoms with Crippen LogP contribution in [0.2, 0.25) is 0 Å². The summed E-state index contributed by atoms with van der Waals surface area (Å²) in [6.45, 7) is 12.5. The molecule has 5 heterocycles. The van der Waals surface area contributed by atoms with Crippen LogP contribution >= 0.6 is 0 Å². The summed E-state index contributed by atoms with van der Waals surface area (Å²) in [6, 6.07) is 37.9.